The second-order valence-corrected chi connectivity index (χ2v) is 7.39. The third-order valence-corrected chi connectivity index (χ3v) is 5.64. The van der Waals surface area contributed by atoms with Gasteiger partial charge in [0.05, 0.1) is 23.7 Å². The maximum atomic E-state index is 11.6. The smallest absolute Gasteiger partial charge is 0.151 e. The van der Waals surface area contributed by atoms with E-state index >= 15 is 0 Å². The Morgan fingerprint density at radius 1 is 1.39 bits per heavy atom. The van der Waals surface area contributed by atoms with Crippen LogP contribution in [-0.4, -0.2) is 57.9 Å². The van der Waals surface area contributed by atoms with Crippen molar-refractivity contribution in [3.8, 4) is 0 Å². The van der Waals surface area contributed by atoms with Gasteiger partial charge in [0.1, 0.15) is 0 Å². The van der Waals surface area contributed by atoms with Crippen molar-refractivity contribution in [2.45, 2.75) is 50.5 Å². The van der Waals surface area contributed by atoms with E-state index in [-0.39, 0.29) is 30.0 Å². The van der Waals surface area contributed by atoms with Crippen LogP contribution in [0.1, 0.15) is 26.2 Å². The Kier molecular flexibility index (Phi) is 4.64. The molecule has 4 unspecified atom stereocenters. The number of nitrogens with one attached hydrogen (secondary N) is 1. The maximum Gasteiger partial charge on any atom is 0.151 e. The predicted molar refractivity (Wildman–Crippen MR) is 69.4 cm³/mol. The molecule has 0 amide bonds. The topological polar surface area (TPSA) is 64.6 Å². The summed E-state index contributed by atoms with van der Waals surface area (Å²) in [6.07, 6.45) is 2.81. The van der Waals surface area contributed by atoms with Crippen LogP contribution in [0, 0.1) is 0 Å². The van der Waals surface area contributed by atoms with Gasteiger partial charge in [0.25, 0.3) is 0 Å². The largest absolute Gasteiger partial charge is 0.377 e. The lowest BCUT2D eigenvalue weighted by atomic mass is 9.84. The molecule has 2 rings (SSSR count). The summed E-state index contributed by atoms with van der Waals surface area (Å²) in [7, 11) is -1.16. The first kappa shape index (κ1) is 14.2. The molecule has 2 aliphatic rings. The fourth-order valence-corrected chi connectivity index (χ4v) is 4.54. The highest BCUT2D eigenvalue weighted by molar-refractivity contribution is 7.91. The average Bonchev–Trinajstić information content (AvgIpc) is 2.26. The summed E-state index contributed by atoms with van der Waals surface area (Å²) >= 11 is 0. The van der Waals surface area contributed by atoms with Crippen molar-refractivity contribution in [3.63, 3.8) is 0 Å². The molecule has 6 heteroatoms. The van der Waals surface area contributed by atoms with Crippen molar-refractivity contribution in [2.75, 3.05) is 25.2 Å². The highest BCUT2D eigenvalue weighted by Gasteiger charge is 2.43. The summed E-state index contributed by atoms with van der Waals surface area (Å²) in [5.74, 6) is 0.602. The zero-order valence-electron chi connectivity index (χ0n) is 11.1. The molecule has 1 heterocycles. The Labute approximate surface area is 109 Å². The molecule has 0 spiro atoms. The lowest BCUT2D eigenvalue weighted by molar-refractivity contribution is -0.132. The number of ether oxygens (including phenoxy) is 2. The van der Waals surface area contributed by atoms with E-state index in [9.17, 15) is 8.42 Å². The van der Waals surface area contributed by atoms with Gasteiger partial charge >= 0.3 is 0 Å². The van der Waals surface area contributed by atoms with Crippen molar-refractivity contribution < 1.29 is 17.9 Å². The standard InChI is InChI=1S/C12H23NO4S/c1-3-17-11-7-10(12(11)16-2)13-9-5-4-6-18(14,15)8-9/h9-13H,3-8H2,1-2H3. The number of hydrogen-bond acceptors (Lipinski definition) is 5. The zero-order valence-corrected chi connectivity index (χ0v) is 11.9. The first-order valence-electron chi connectivity index (χ1n) is 6.66. The van der Waals surface area contributed by atoms with E-state index in [1.54, 1.807) is 7.11 Å². The molecular weight excluding hydrogens is 254 g/mol. The lowest BCUT2D eigenvalue weighted by Gasteiger charge is -2.45. The zero-order chi connectivity index (χ0) is 13.2. The number of rotatable bonds is 5. The third kappa shape index (κ3) is 3.23. The van der Waals surface area contributed by atoms with Crippen LogP contribution >= 0.6 is 0 Å². The molecule has 1 N–H and O–H groups in total. The Hall–Kier alpha value is -0.170. The Balaban J connectivity index is 1.83. The molecule has 4 atom stereocenters. The van der Waals surface area contributed by atoms with Crippen molar-refractivity contribution in [1.82, 2.24) is 5.32 Å². The minimum atomic E-state index is -2.84. The van der Waals surface area contributed by atoms with Gasteiger partial charge in [-0.2, -0.15) is 0 Å². The molecule has 0 aromatic carbocycles. The molecule has 2 fully saturated rings. The van der Waals surface area contributed by atoms with Gasteiger partial charge in [-0.15, -0.1) is 0 Å². The van der Waals surface area contributed by atoms with E-state index in [1.165, 1.54) is 0 Å². The summed E-state index contributed by atoms with van der Waals surface area (Å²) in [5, 5.41) is 3.42. The summed E-state index contributed by atoms with van der Waals surface area (Å²) in [6.45, 7) is 2.66. The number of sulfone groups is 1. The van der Waals surface area contributed by atoms with Crippen LogP contribution in [0.5, 0.6) is 0 Å². The summed E-state index contributed by atoms with van der Waals surface area (Å²) < 4.78 is 34.1. The summed E-state index contributed by atoms with van der Waals surface area (Å²) in [5.41, 5.74) is 0. The van der Waals surface area contributed by atoms with Crippen LogP contribution in [0.25, 0.3) is 0 Å². The van der Waals surface area contributed by atoms with Gasteiger partial charge in [-0.05, 0) is 26.2 Å². The second kappa shape index (κ2) is 5.86. The van der Waals surface area contributed by atoms with Gasteiger partial charge in [-0.1, -0.05) is 0 Å². The molecule has 1 aliphatic carbocycles. The van der Waals surface area contributed by atoms with E-state index in [0.29, 0.717) is 12.4 Å². The van der Waals surface area contributed by atoms with E-state index in [4.69, 9.17) is 9.47 Å². The second-order valence-electron chi connectivity index (χ2n) is 5.16. The number of methoxy groups -OCH3 is 1. The highest BCUT2D eigenvalue weighted by Crippen LogP contribution is 2.28. The normalized spacial score (nSPS) is 39.2. The van der Waals surface area contributed by atoms with Crippen LogP contribution in [0.4, 0.5) is 0 Å². The molecule has 18 heavy (non-hydrogen) atoms. The molecule has 0 aromatic heterocycles. The monoisotopic (exact) mass is 277 g/mol. The van der Waals surface area contributed by atoms with Gasteiger partial charge in [0.15, 0.2) is 9.84 Å². The molecule has 5 nitrogen and oxygen atoms in total. The summed E-state index contributed by atoms with van der Waals surface area (Å²) in [6, 6.07) is 0.304. The van der Waals surface area contributed by atoms with Crippen molar-refractivity contribution in [3.05, 3.63) is 0 Å². The molecule has 1 aliphatic heterocycles. The van der Waals surface area contributed by atoms with Gasteiger partial charge in [-0.3, -0.25) is 0 Å². The molecular formula is C12H23NO4S. The SMILES string of the molecule is CCOC1CC(NC2CCCS(=O)(=O)C2)C1OC. The van der Waals surface area contributed by atoms with Crippen LogP contribution in [0.3, 0.4) is 0 Å². The van der Waals surface area contributed by atoms with E-state index in [2.05, 4.69) is 5.32 Å². The van der Waals surface area contributed by atoms with Gasteiger partial charge in [-0.25, -0.2) is 8.42 Å². The molecule has 1 saturated carbocycles. The van der Waals surface area contributed by atoms with Gasteiger partial charge in [0.2, 0.25) is 0 Å². The molecule has 106 valence electrons. The van der Waals surface area contributed by atoms with Crippen LogP contribution < -0.4 is 5.32 Å². The molecule has 0 radical (unpaired) electrons. The van der Waals surface area contributed by atoms with Crippen LogP contribution in [0.2, 0.25) is 0 Å². The fraction of sp³-hybridized carbons (Fsp3) is 1.00. The molecule has 0 bridgehead atoms. The Bertz CT molecular complexity index is 370. The van der Waals surface area contributed by atoms with Crippen molar-refractivity contribution >= 4 is 9.84 Å². The van der Waals surface area contributed by atoms with E-state index in [1.807, 2.05) is 6.92 Å². The molecule has 1 saturated heterocycles. The minimum Gasteiger partial charge on any atom is -0.377 e. The first-order chi connectivity index (χ1) is 8.55. The van der Waals surface area contributed by atoms with Crippen molar-refractivity contribution in [1.29, 1.82) is 0 Å². The third-order valence-electron chi connectivity index (χ3n) is 3.81. The lowest BCUT2D eigenvalue weighted by Crippen LogP contribution is -2.62. The van der Waals surface area contributed by atoms with E-state index < -0.39 is 9.84 Å². The van der Waals surface area contributed by atoms with Crippen LogP contribution in [0.15, 0.2) is 0 Å². The van der Waals surface area contributed by atoms with Gasteiger partial charge in [0, 0.05) is 25.8 Å². The maximum absolute atomic E-state index is 11.6. The minimum absolute atomic E-state index is 0.0505. The first-order valence-corrected chi connectivity index (χ1v) is 8.48. The highest BCUT2D eigenvalue weighted by atomic mass is 32.2. The van der Waals surface area contributed by atoms with E-state index in [0.717, 1.165) is 19.3 Å². The number of hydrogen-bond donors (Lipinski definition) is 1. The molecule has 0 aromatic rings. The van der Waals surface area contributed by atoms with Crippen molar-refractivity contribution in [2.24, 2.45) is 0 Å². The van der Waals surface area contributed by atoms with Gasteiger partial charge < -0.3 is 14.8 Å². The Morgan fingerprint density at radius 3 is 2.78 bits per heavy atom. The summed E-state index contributed by atoms with van der Waals surface area (Å²) in [4.78, 5) is 0. The van der Waals surface area contributed by atoms with Crippen LogP contribution in [-0.2, 0) is 19.3 Å². The Morgan fingerprint density at radius 2 is 2.17 bits per heavy atom. The predicted octanol–water partition coefficient (Wildman–Crippen LogP) is 0.346. The fourth-order valence-electron chi connectivity index (χ4n) is 2.89. The quantitative estimate of drug-likeness (QED) is 0.785. The average molecular weight is 277 g/mol.